The number of carboxylic acid groups (broad SMARTS) is 1. The van der Waals surface area contributed by atoms with Gasteiger partial charge in [0.05, 0.1) is 5.92 Å². The van der Waals surface area contributed by atoms with Crippen molar-refractivity contribution in [2.24, 2.45) is 11.8 Å². The first-order valence-corrected chi connectivity index (χ1v) is 5.97. The molecule has 2 rings (SSSR count). The van der Waals surface area contributed by atoms with Gasteiger partial charge in [-0.3, -0.25) is 9.78 Å². The van der Waals surface area contributed by atoms with E-state index in [1.165, 1.54) is 5.56 Å². The van der Waals surface area contributed by atoms with Crippen molar-refractivity contribution in [2.75, 3.05) is 20.1 Å². The van der Waals surface area contributed by atoms with E-state index in [0.29, 0.717) is 5.92 Å². The molecule has 0 aromatic carbocycles. The summed E-state index contributed by atoms with van der Waals surface area (Å²) >= 11 is 0. The Balaban J connectivity index is 1.69. The van der Waals surface area contributed by atoms with Crippen LogP contribution < -0.4 is 0 Å². The van der Waals surface area contributed by atoms with Crippen LogP contribution in [-0.2, 0) is 11.2 Å². The van der Waals surface area contributed by atoms with Crippen molar-refractivity contribution in [3.05, 3.63) is 30.1 Å². The highest BCUT2D eigenvalue weighted by Crippen LogP contribution is 2.38. The predicted molar refractivity (Wildman–Crippen MR) is 64.7 cm³/mol. The molecule has 0 saturated heterocycles. The number of carboxylic acids is 1. The van der Waals surface area contributed by atoms with E-state index in [2.05, 4.69) is 16.9 Å². The number of hydrogen-bond donors (Lipinski definition) is 1. The van der Waals surface area contributed by atoms with Gasteiger partial charge in [0.1, 0.15) is 0 Å². The molecule has 92 valence electrons. The molecule has 2 atom stereocenters. The van der Waals surface area contributed by atoms with Gasteiger partial charge in [-0.2, -0.15) is 0 Å². The summed E-state index contributed by atoms with van der Waals surface area (Å²) in [6.45, 7) is 1.86. The third kappa shape index (κ3) is 3.53. The zero-order valence-corrected chi connectivity index (χ0v) is 10.0. The van der Waals surface area contributed by atoms with Crippen molar-refractivity contribution >= 4 is 5.97 Å². The van der Waals surface area contributed by atoms with Crippen LogP contribution in [-0.4, -0.2) is 41.1 Å². The molecule has 1 aromatic heterocycles. The topological polar surface area (TPSA) is 53.4 Å². The van der Waals surface area contributed by atoms with Crippen molar-refractivity contribution in [3.8, 4) is 0 Å². The monoisotopic (exact) mass is 234 g/mol. The molecule has 0 amide bonds. The summed E-state index contributed by atoms with van der Waals surface area (Å²) in [6.07, 6.45) is 5.44. The van der Waals surface area contributed by atoms with Gasteiger partial charge in [-0.15, -0.1) is 0 Å². The first-order valence-electron chi connectivity index (χ1n) is 5.97. The van der Waals surface area contributed by atoms with E-state index >= 15 is 0 Å². The minimum atomic E-state index is -0.641. The zero-order valence-electron chi connectivity index (χ0n) is 10.0. The molecule has 4 nitrogen and oxygen atoms in total. The summed E-state index contributed by atoms with van der Waals surface area (Å²) in [5, 5.41) is 8.82. The quantitative estimate of drug-likeness (QED) is 0.805. The lowest BCUT2D eigenvalue weighted by atomic mass is 10.2. The summed E-state index contributed by atoms with van der Waals surface area (Å²) in [5.41, 5.74) is 1.28. The van der Waals surface area contributed by atoms with Crippen molar-refractivity contribution in [3.63, 3.8) is 0 Å². The highest BCUT2D eigenvalue weighted by molar-refractivity contribution is 5.73. The van der Waals surface area contributed by atoms with Crippen LogP contribution in [0.4, 0.5) is 0 Å². The number of pyridine rings is 1. The molecule has 1 aliphatic rings. The van der Waals surface area contributed by atoms with Crippen molar-refractivity contribution < 1.29 is 9.90 Å². The van der Waals surface area contributed by atoms with E-state index in [9.17, 15) is 4.79 Å². The third-order valence-electron chi connectivity index (χ3n) is 3.32. The van der Waals surface area contributed by atoms with Crippen LogP contribution in [0, 0.1) is 11.8 Å². The van der Waals surface area contributed by atoms with Crippen LogP contribution in [0.1, 0.15) is 12.0 Å². The van der Waals surface area contributed by atoms with Crippen LogP contribution in [0.5, 0.6) is 0 Å². The Kier molecular flexibility index (Phi) is 3.74. The second kappa shape index (κ2) is 5.27. The van der Waals surface area contributed by atoms with Gasteiger partial charge in [0.2, 0.25) is 0 Å². The highest BCUT2D eigenvalue weighted by Gasteiger charge is 2.43. The first kappa shape index (κ1) is 12.0. The molecular formula is C13H18N2O2. The van der Waals surface area contributed by atoms with E-state index in [1.807, 2.05) is 12.1 Å². The van der Waals surface area contributed by atoms with Crippen molar-refractivity contribution in [2.45, 2.75) is 12.8 Å². The SMILES string of the molecule is CN(CCc1ccncc1)CC1CC1C(=O)O. The maximum Gasteiger partial charge on any atom is 0.306 e. The van der Waals surface area contributed by atoms with Gasteiger partial charge in [0, 0.05) is 25.5 Å². The predicted octanol–water partition coefficient (Wildman–Crippen LogP) is 1.28. The van der Waals surface area contributed by atoms with Gasteiger partial charge in [-0.05, 0) is 43.5 Å². The molecule has 2 unspecified atom stereocenters. The normalized spacial score (nSPS) is 22.7. The Bertz CT molecular complexity index is 380. The fourth-order valence-corrected chi connectivity index (χ4v) is 2.11. The molecule has 1 fully saturated rings. The van der Waals surface area contributed by atoms with E-state index in [1.54, 1.807) is 12.4 Å². The molecule has 0 bridgehead atoms. The minimum Gasteiger partial charge on any atom is -0.481 e. The minimum absolute atomic E-state index is 0.0987. The van der Waals surface area contributed by atoms with E-state index in [4.69, 9.17) is 5.11 Å². The van der Waals surface area contributed by atoms with Crippen molar-refractivity contribution in [1.82, 2.24) is 9.88 Å². The zero-order chi connectivity index (χ0) is 12.3. The molecule has 0 spiro atoms. The number of rotatable bonds is 6. The van der Waals surface area contributed by atoms with Crippen LogP contribution >= 0.6 is 0 Å². The number of carbonyl (C=O) groups is 1. The molecule has 4 heteroatoms. The van der Waals surface area contributed by atoms with Gasteiger partial charge in [0.25, 0.3) is 0 Å². The van der Waals surface area contributed by atoms with Crippen molar-refractivity contribution in [1.29, 1.82) is 0 Å². The van der Waals surface area contributed by atoms with Crippen LogP contribution in [0.3, 0.4) is 0 Å². The number of nitrogens with zero attached hydrogens (tertiary/aromatic N) is 2. The molecule has 1 aromatic rings. The Morgan fingerprint density at radius 2 is 2.24 bits per heavy atom. The second-order valence-electron chi connectivity index (χ2n) is 4.81. The number of likely N-dealkylation sites (N-methyl/N-ethyl adjacent to an activating group) is 1. The highest BCUT2D eigenvalue weighted by atomic mass is 16.4. The molecule has 1 N–H and O–H groups in total. The number of hydrogen-bond acceptors (Lipinski definition) is 3. The lowest BCUT2D eigenvalue weighted by molar-refractivity contribution is -0.138. The summed E-state index contributed by atoms with van der Waals surface area (Å²) < 4.78 is 0. The lowest BCUT2D eigenvalue weighted by Crippen LogP contribution is -2.24. The van der Waals surface area contributed by atoms with Crippen LogP contribution in [0.25, 0.3) is 0 Å². The Morgan fingerprint density at radius 3 is 2.82 bits per heavy atom. The average molecular weight is 234 g/mol. The maximum atomic E-state index is 10.7. The molecule has 1 heterocycles. The third-order valence-corrected chi connectivity index (χ3v) is 3.32. The second-order valence-corrected chi connectivity index (χ2v) is 4.81. The van der Waals surface area contributed by atoms with E-state index < -0.39 is 5.97 Å². The smallest absolute Gasteiger partial charge is 0.306 e. The summed E-state index contributed by atoms with van der Waals surface area (Å²) in [7, 11) is 2.05. The van der Waals surface area contributed by atoms with Crippen LogP contribution in [0.2, 0.25) is 0 Å². The average Bonchev–Trinajstić information content (AvgIpc) is 3.07. The fraction of sp³-hybridized carbons (Fsp3) is 0.538. The molecular weight excluding hydrogens is 216 g/mol. The largest absolute Gasteiger partial charge is 0.481 e. The molecule has 17 heavy (non-hydrogen) atoms. The fourth-order valence-electron chi connectivity index (χ4n) is 2.11. The maximum absolute atomic E-state index is 10.7. The van der Waals surface area contributed by atoms with Gasteiger partial charge in [-0.1, -0.05) is 0 Å². The number of aliphatic carboxylic acids is 1. The van der Waals surface area contributed by atoms with Gasteiger partial charge in [0.15, 0.2) is 0 Å². The Labute approximate surface area is 101 Å². The first-order chi connectivity index (χ1) is 8.16. The van der Waals surface area contributed by atoms with Gasteiger partial charge >= 0.3 is 5.97 Å². The summed E-state index contributed by atoms with van der Waals surface area (Å²) in [4.78, 5) is 16.9. The van der Waals surface area contributed by atoms with Crippen LogP contribution in [0.15, 0.2) is 24.5 Å². The Morgan fingerprint density at radius 1 is 1.53 bits per heavy atom. The van der Waals surface area contributed by atoms with E-state index in [-0.39, 0.29) is 5.92 Å². The van der Waals surface area contributed by atoms with Gasteiger partial charge < -0.3 is 10.0 Å². The molecule has 0 radical (unpaired) electrons. The molecule has 0 aliphatic heterocycles. The Hall–Kier alpha value is -1.42. The summed E-state index contributed by atoms with van der Waals surface area (Å²) in [5.74, 6) is -0.383. The molecule has 1 aliphatic carbocycles. The lowest BCUT2D eigenvalue weighted by Gasteiger charge is -2.16. The van der Waals surface area contributed by atoms with E-state index in [0.717, 1.165) is 25.9 Å². The standard InChI is InChI=1S/C13H18N2O2/c1-15(9-11-8-12(11)13(16)17)7-4-10-2-5-14-6-3-10/h2-3,5-6,11-12H,4,7-9H2,1H3,(H,16,17). The molecule has 1 saturated carbocycles. The van der Waals surface area contributed by atoms with Gasteiger partial charge in [-0.25, -0.2) is 0 Å². The summed E-state index contributed by atoms with van der Waals surface area (Å²) in [6, 6.07) is 4.04. The number of aromatic nitrogens is 1.